The number of rotatable bonds is 5. The minimum absolute atomic E-state index is 0.0874. The van der Waals surface area contributed by atoms with Crippen LogP contribution in [0.5, 0.6) is 0 Å². The highest BCUT2D eigenvalue weighted by Crippen LogP contribution is 2.10. The molecule has 0 saturated carbocycles. The summed E-state index contributed by atoms with van der Waals surface area (Å²) < 4.78 is 30.7. The number of morpholine rings is 1. The monoisotopic (exact) mass is 319 g/mol. The summed E-state index contributed by atoms with van der Waals surface area (Å²) in [6, 6.07) is 0. The molecule has 0 aromatic carbocycles. The molecule has 8 heteroatoms. The van der Waals surface area contributed by atoms with Crippen LogP contribution in [0.15, 0.2) is 0 Å². The summed E-state index contributed by atoms with van der Waals surface area (Å²) in [7, 11) is -3.14. The Kier molecular flexibility index (Phi) is 5.98. The van der Waals surface area contributed by atoms with Gasteiger partial charge in [0.05, 0.1) is 25.5 Å². The van der Waals surface area contributed by atoms with Crippen molar-refractivity contribution in [2.24, 2.45) is 0 Å². The summed E-state index contributed by atoms with van der Waals surface area (Å²) in [5.41, 5.74) is 0. The molecule has 2 aliphatic rings. The number of carbonyl (C=O) groups excluding carboxylic acids is 1. The molecule has 0 aromatic heterocycles. The maximum atomic E-state index is 12.2. The zero-order valence-electron chi connectivity index (χ0n) is 12.7. The number of sulfonamides is 1. The van der Waals surface area contributed by atoms with Gasteiger partial charge in [0.15, 0.2) is 0 Å². The van der Waals surface area contributed by atoms with Crippen molar-refractivity contribution < 1.29 is 17.9 Å². The molecule has 2 aliphatic heterocycles. The third-order valence-electron chi connectivity index (χ3n) is 3.91. The van der Waals surface area contributed by atoms with E-state index in [1.54, 1.807) is 4.90 Å². The second-order valence-electron chi connectivity index (χ2n) is 5.48. The predicted octanol–water partition coefficient (Wildman–Crippen LogP) is -0.797. The number of ether oxygens (including phenoxy) is 1. The van der Waals surface area contributed by atoms with Crippen LogP contribution in [-0.4, -0.2) is 93.2 Å². The number of nitrogens with zero attached hydrogens (tertiary/aromatic N) is 3. The van der Waals surface area contributed by atoms with E-state index in [2.05, 4.69) is 4.90 Å². The standard InChI is InChI=1S/C13H25N3O4S/c1-2-11-21(18,19)16-5-3-15(4-6-16)13(17)12-14-7-9-20-10-8-14/h2-12H2,1H3. The van der Waals surface area contributed by atoms with Crippen molar-refractivity contribution in [3.05, 3.63) is 0 Å². The molecule has 0 aromatic rings. The van der Waals surface area contributed by atoms with Crippen LogP contribution in [0.2, 0.25) is 0 Å². The fourth-order valence-electron chi connectivity index (χ4n) is 2.65. The van der Waals surface area contributed by atoms with Crippen molar-refractivity contribution in [3.63, 3.8) is 0 Å². The maximum Gasteiger partial charge on any atom is 0.236 e. The van der Waals surface area contributed by atoms with Crippen molar-refractivity contribution in [1.29, 1.82) is 0 Å². The largest absolute Gasteiger partial charge is 0.379 e. The van der Waals surface area contributed by atoms with Gasteiger partial charge in [0.25, 0.3) is 0 Å². The lowest BCUT2D eigenvalue weighted by molar-refractivity contribution is -0.134. The quantitative estimate of drug-likeness (QED) is 0.664. The summed E-state index contributed by atoms with van der Waals surface area (Å²) in [6.45, 7) is 7.01. The lowest BCUT2D eigenvalue weighted by Gasteiger charge is -2.35. The zero-order chi connectivity index (χ0) is 15.3. The van der Waals surface area contributed by atoms with E-state index >= 15 is 0 Å². The smallest absolute Gasteiger partial charge is 0.236 e. The van der Waals surface area contributed by atoms with Gasteiger partial charge < -0.3 is 9.64 Å². The topological polar surface area (TPSA) is 70.2 Å². The molecule has 0 atom stereocenters. The highest BCUT2D eigenvalue weighted by atomic mass is 32.2. The Bertz CT molecular complexity index is 440. The number of carbonyl (C=O) groups is 1. The molecule has 2 rings (SSSR count). The van der Waals surface area contributed by atoms with Crippen molar-refractivity contribution in [2.45, 2.75) is 13.3 Å². The van der Waals surface area contributed by atoms with E-state index in [-0.39, 0.29) is 11.7 Å². The van der Waals surface area contributed by atoms with Crippen molar-refractivity contribution in [1.82, 2.24) is 14.1 Å². The van der Waals surface area contributed by atoms with E-state index in [4.69, 9.17) is 4.74 Å². The van der Waals surface area contributed by atoms with Crippen molar-refractivity contribution >= 4 is 15.9 Å². The van der Waals surface area contributed by atoms with Crippen LogP contribution in [0, 0.1) is 0 Å². The Labute approximate surface area is 126 Å². The summed E-state index contributed by atoms with van der Waals surface area (Å²) in [6.07, 6.45) is 0.624. The van der Waals surface area contributed by atoms with E-state index < -0.39 is 10.0 Å². The SMILES string of the molecule is CCCS(=O)(=O)N1CCN(C(=O)CN2CCOCC2)CC1. The molecular formula is C13H25N3O4S. The highest BCUT2D eigenvalue weighted by molar-refractivity contribution is 7.89. The Morgan fingerprint density at radius 2 is 1.67 bits per heavy atom. The zero-order valence-corrected chi connectivity index (χ0v) is 13.5. The fourth-order valence-corrected chi connectivity index (χ4v) is 4.15. The van der Waals surface area contributed by atoms with Gasteiger partial charge in [0.1, 0.15) is 0 Å². The molecule has 122 valence electrons. The number of hydrogen-bond donors (Lipinski definition) is 0. The summed E-state index contributed by atoms with van der Waals surface area (Å²) in [5.74, 6) is 0.277. The molecule has 7 nitrogen and oxygen atoms in total. The Morgan fingerprint density at radius 3 is 2.24 bits per heavy atom. The Balaban J connectivity index is 1.79. The highest BCUT2D eigenvalue weighted by Gasteiger charge is 2.28. The summed E-state index contributed by atoms with van der Waals surface area (Å²) in [4.78, 5) is 16.1. The molecule has 0 unspecified atom stereocenters. The fraction of sp³-hybridized carbons (Fsp3) is 0.923. The lowest BCUT2D eigenvalue weighted by atomic mass is 10.3. The molecule has 2 heterocycles. The second kappa shape index (κ2) is 7.53. The van der Waals surface area contributed by atoms with Crippen LogP contribution in [0.4, 0.5) is 0 Å². The van der Waals surface area contributed by atoms with Gasteiger partial charge in [-0.15, -0.1) is 0 Å². The van der Waals surface area contributed by atoms with E-state index in [0.29, 0.717) is 52.4 Å². The molecular weight excluding hydrogens is 294 g/mol. The first-order chi connectivity index (χ1) is 10.0. The lowest BCUT2D eigenvalue weighted by Crippen LogP contribution is -2.53. The van der Waals surface area contributed by atoms with Crippen LogP contribution >= 0.6 is 0 Å². The van der Waals surface area contributed by atoms with Crippen molar-refractivity contribution in [2.75, 3.05) is 64.8 Å². The normalized spacial score (nSPS) is 22.4. The molecule has 0 bridgehead atoms. The van der Waals surface area contributed by atoms with E-state index in [9.17, 15) is 13.2 Å². The van der Waals surface area contributed by atoms with E-state index in [0.717, 1.165) is 13.1 Å². The van der Waals surface area contributed by atoms with Crippen LogP contribution in [0.25, 0.3) is 0 Å². The maximum absolute atomic E-state index is 12.2. The summed E-state index contributed by atoms with van der Waals surface area (Å²) in [5, 5.41) is 0. The molecule has 1 amide bonds. The van der Waals surface area contributed by atoms with Crippen molar-refractivity contribution in [3.8, 4) is 0 Å². The predicted molar refractivity (Wildman–Crippen MR) is 79.5 cm³/mol. The van der Waals surface area contributed by atoms with Gasteiger partial charge >= 0.3 is 0 Å². The van der Waals surface area contributed by atoms with Gasteiger partial charge in [-0.05, 0) is 6.42 Å². The molecule has 0 radical (unpaired) electrons. The first kappa shape index (κ1) is 16.7. The van der Waals surface area contributed by atoms with Gasteiger partial charge in [-0.25, -0.2) is 8.42 Å². The summed E-state index contributed by atoms with van der Waals surface area (Å²) >= 11 is 0. The second-order valence-corrected chi connectivity index (χ2v) is 7.57. The minimum Gasteiger partial charge on any atom is -0.379 e. The number of amides is 1. The van der Waals surface area contributed by atoms with E-state index in [1.807, 2.05) is 6.92 Å². The van der Waals surface area contributed by atoms with Gasteiger partial charge in [-0.1, -0.05) is 6.92 Å². The number of hydrogen-bond acceptors (Lipinski definition) is 5. The van der Waals surface area contributed by atoms with Gasteiger partial charge in [-0.2, -0.15) is 4.31 Å². The van der Waals surface area contributed by atoms with Crippen LogP contribution in [-0.2, 0) is 19.6 Å². The molecule has 0 spiro atoms. The molecule has 2 saturated heterocycles. The Hall–Kier alpha value is -0.700. The number of piperazine rings is 1. The van der Waals surface area contributed by atoms with E-state index in [1.165, 1.54) is 4.31 Å². The first-order valence-electron chi connectivity index (χ1n) is 7.58. The third-order valence-corrected chi connectivity index (χ3v) is 5.99. The van der Waals surface area contributed by atoms with Crippen LogP contribution in [0.3, 0.4) is 0 Å². The van der Waals surface area contributed by atoms with Gasteiger partial charge in [0.2, 0.25) is 15.9 Å². The average molecular weight is 319 g/mol. The van der Waals surface area contributed by atoms with Crippen LogP contribution in [0.1, 0.15) is 13.3 Å². The third kappa shape index (κ3) is 4.64. The molecule has 21 heavy (non-hydrogen) atoms. The molecule has 2 fully saturated rings. The van der Waals surface area contributed by atoms with Crippen LogP contribution < -0.4 is 0 Å². The molecule has 0 aliphatic carbocycles. The molecule has 0 N–H and O–H groups in total. The van der Waals surface area contributed by atoms with Gasteiger partial charge in [-0.3, -0.25) is 9.69 Å². The Morgan fingerprint density at radius 1 is 1.05 bits per heavy atom. The minimum atomic E-state index is -3.14. The average Bonchev–Trinajstić information content (AvgIpc) is 2.48. The van der Waals surface area contributed by atoms with Gasteiger partial charge in [0, 0.05) is 39.3 Å². The first-order valence-corrected chi connectivity index (χ1v) is 9.19.